The third-order valence-corrected chi connectivity index (χ3v) is 2.39. The van der Waals surface area contributed by atoms with Gasteiger partial charge < -0.3 is 15.8 Å². The van der Waals surface area contributed by atoms with Crippen LogP contribution in [0.15, 0.2) is 30.7 Å². The van der Waals surface area contributed by atoms with Crippen molar-refractivity contribution >= 4 is 11.7 Å². The van der Waals surface area contributed by atoms with Crippen molar-refractivity contribution < 1.29 is 9.53 Å². The molecule has 0 atom stereocenters. The van der Waals surface area contributed by atoms with Crippen molar-refractivity contribution in [1.29, 1.82) is 0 Å². The van der Waals surface area contributed by atoms with Gasteiger partial charge in [-0.3, -0.25) is 9.78 Å². The summed E-state index contributed by atoms with van der Waals surface area (Å²) in [4.78, 5) is 23.0. The zero-order valence-electron chi connectivity index (χ0n) is 10.3. The number of rotatable bonds is 5. The van der Waals surface area contributed by atoms with Crippen LogP contribution in [0.1, 0.15) is 16.1 Å². The second-order valence-electron chi connectivity index (χ2n) is 3.68. The third-order valence-electron chi connectivity index (χ3n) is 2.39. The quantitative estimate of drug-likeness (QED) is 0.814. The van der Waals surface area contributed by atoms with Crippen LogP contribution in [-0.2, 0) is 6.54 Å². The fraction of sp³-hybridized carbons (Fsp3) is 0.167. The Morgan fingerprint density at radius 2 is 2.32 bits per heavy atom. The Kier molecular flexibility index (Phi) is 3.87. The number of nitrogens with one attached hydrogen (secondary N) is 1. The van der Waals surface area contributed by atoms with Crippen molar-refractivity contribution in [1.82, 2.24) is 15.0 Å². The van der Waals surface area contributed by atoms with Crippen molar-refractivity contribution in [3.05, 3.63) is 42.0 Å². The van der Waals surface area contributed by atoms with Crippen molar-refractivity contribution in [3.8, 4) is 5.88 Å². The van der Waals surface area contributed by atoms with E-state index in [4.69, 9.17) is 10.5 Å². The first kappa shape index (κ1) is 12.7. The highest BCUT2D eigenvalue weighted by molar-refractivity contribution is 5.90. The molecule has 7 nitrogen and oxygen atoms in total. The SMILES string of the molecule is COc1ncccc1CNc1cncc(C(N)=O)n1. The Morgan fingerprint density at radius 1 is 1.47 bits per heavy atom. The number of nitrogens with two attached hydrogens (primary N) is 1. The van der Waals surface area contributed by atoms with Crippen molar-refractivity contribution in [2.45, 2.75) is 6.54 Å². The number of anilines is 1. The average molecular weight is 259 g/mol. The fourth-order valence-corrected chi connectivity index (χ4v) is 1.50. The molecular formula is C12H13N5O2. The lowest BCUT2D eigenvalue weighted by Crippen LogP contribution is -2.14. The molecule has 3 N–H and O–H groups in total. The van der Waals surface area contributed by atoms with Crippen LogP contribution in [0, 0.1) is 0 Å². The second kappa shape index (κ2) is 5.76. The number of aromatic nitrogens is 3. The highest BCUT2D eigenvalue weighted by atomic mass is 16.5. The van der Waals surface area contributed by atoms with Crippen LogP contribution in [0.4, 0.5) is 5.82 Å². The van der Waals surface area contributed by atoms with Crippen molar-refractivity contribution in [2.24, 2.45) is 5.73 Å². The van der Waals surface area contributed by atoms with E-state index in [1.165, 1.54) is 12.4 Å². The minimum absolute atomic E-state index is 0.114. The van der Waals surface area contributed by atoms with Gasteiger partial charge in [-0.15, -0.1) is 0 Å². The van der Waals surface area contributed by atoms with E-state index >= 15 is 0 Å². The van der Waals surface area contributed by atoms with E-state index in [1.807, 2.05) is 12.1 Å². The zero-order valence-corrected chi connectivity index (χ0v) is 10.3. The molecule has 0 aliphatic rings. The molecule has 7 heteroatoms. The van der Waals surface area contributed by atoms with E-state index in [0.717, 1.165) is 5.56 Å². The highest BCUT2D eigenvalue weighted by Gasteiger charge is 2.06. The predicted octanol–water partition coefficient (Wildman–Crippen LogP) is 0.591. The number of pyridine rings is 1. The molecule has 1 amide bonds. The number of amides is 1. The van der Waals surface area contributed by atoms with Crippen LogP contribution in [-0.4, -0.2) is 28.0 Å². The van der Waals surface area contributed by atoms with Gasteiger partial charge in [0.15, 0.2) is 0 Å². The molecule has 0 bridgehead atoms. The summed E-state index contributed by atoms with van der Waals surface area (Å²) in [6, 6.07) is 3.69. The summed E-state index contributed by atoms with van der Waals surface area (Å²) in [5.74, 6) is 0.381. The fourth-order valence-electron chi connectivity index (χ4n) is 1.50. The summed E-state index contributed by atoms with van der Waals surface area (Å²) in [5, 5.41) is 3.03. The number of carbonyl (C=O) groups is 1. The van der Waals surface area contributed by atoms with E-state index in [9.17, 15) is 4.79 Å². The topological polar surface area (TPSA) is 103 Å². The summed E-state index contributed by atoms with van der Waals surface area (Å²) in [6.07, 6.45) is 4.48. The molecule has 2 aromatic heterocycles. The van der Waals surface area contributed by atoms with Crippen LogP contribution >= 0.6 is 0 Å². The molecule has 0 radical (unpaired) electrons. The number of nitrogens with zero attached hydrogens (tertiary/aromatic N) is 3. The molecule has 19 heavy (non-hydrogen) atoms. The van der Waals surface area contributed by atoms with Gasteiger partial charge in [0.1, 0.15) is 11.5 Å². The van der Waals surface area contributed by atoms with E-state index < -0.39 is 5.91 Å². The van der Waals surface area contributed by atoms with Gasteiger partial charge in [-0.1, -0.05) is 6.07 Å². The number of hydrogen-bond acceptors (Lipinski definition) is 6. The van der Waals surface area contributed by atoms with Gasteiger partial charge in [-0.2, -0.15) is 0 Å². The first-order chi connectivity index (χ1) is 9.20. The van der Waals surface area contributed by atoms with E-state index in [-0.39, 0.29) is 5.69 Å². The maximum Gasteiger partial charge on any atom is 0.268 e. The molecule has 0 saturated heterocycles. The van der Waals surface area contributed by atoms with Crippen LogP contribution < -0.4 is 15.8 Å². The first-order valence-corrected chi connectivity index (χ1v) is 5.54. The number of primary amides is 1. The monoisotopic (exact) mass is 259 g/mol. The lowest BCUT2D eigenvalue weighted by Gasteiger charge is -2.08. The zero-order chi connectivity index (χ0) is 13.7. The number of ether oxygens (including phenoxy) is 1. The minimum Gasteiger partial charge on any atom is -0.481 e. The number of methoxy groups -OCH3 is 1. The molecule has 0 aliphatic carbocycles. The second-order valence-corrected chi connectivity index (χ2v) is 3.68. The third kappa shape index (κ3) is 3.15. The van der Waals surface area contributed by atoms with Gasteiger partial charge in [0.05, 0.1) is 19.5 Å². The summed E-state index contributed by atoms with van der Waals surface area (Å²) in [6.45, 7) is 0.452. The largest absolute Gasteiger partial charge is 0.481 e. The lowest BCUT2D eigenvalue weighted by molar-refractivity contribution is 0.0995. The van der Waals surface area contributed by atoms with Crippen molar-refractivity contribution in [2.75, 3.05) is 12.4 Å². The smallest absolute Gasteiger partial charge is 0.268 e. The number of carbonyl (C=O) groups excluding carboxylic acids is 1. The van der Waals surface area contributed by atoms with Crippen LogP contribution in [0.25, 0.3) is 0 Å². The Morgan fingerprint density at radius 3 is 3.05 bits per heavy atom. The van der Waals surface area contributed by atoms with Gasteiger partial charge in [0.25, 0.3) is 5.91 Å². The summed E-state index contributed by atoms with van der Waals surface area (Å²) >= 11 is 0. The van der Waals surface area contributed by atoms with Gasteiger partial charge >= 0.3 is 0 Å². The maximum absolute atomic E-state index is 11.0. The van der Waals surface area contributed by atoms with Crippen LogP contribution in [0.5, 0.6) is 5.88 Å². The normalized spacial score (nSPS) is 9.95. The van der Waals surface area contributed by atoms with Gasteiger partial charge in [-0.25, -0.2) is 9.97 Å². The summed E-state index contributed by atoms with van der Waals surface area (Å²) < 4.78 is 5.13. The molecule has 98 valence electrons. The Bertz CT molecular complexity index is 588. The summed E-state index contributed by atoms with van der Waals surface area (Å²) in [5.41, 5.74) is 6.12. The molecule has 2 rings (SSSR count). The van der Waals surface area contributed by atoms with Gasteiger partial charge in [0, 0.05) is 18.3 Å². The standard InChI is InChI=1S/C12H13N5O2/c1-19-12-8(3-2-4-15-12)5-16-10-7-14-6-9(17-10)11(13)18/h2-4,6-7H,5H2,1H3,(H2,13,18)(H,16,17). The molecule has 0 unspecified atom stereocenters. The van der Waals surface area contributed by atoms with Gasteiger partial charge in [0.2, 0.25) is 5.88 Å². The number of hydrogen-bond donors (Lipinski definition) is 2. The van der Waals surface area contributed by atoms with Crippen molar-refractivity contribution in [3.63, 3.8) is 0 Å². The Balaban J connectivity index is 2.10. The Labute approximate surface area is 109 Å². The average Bonchev–Trinajstić information content (AvgIpc) is 2.45. The lowest BCUT2D eigenvalue weighted by atomic mass is 10.2. The molecule has 0 aromatic carbocycles. The van der Waals surface area contributed by atoms with E-state index in [2.05, 4.69) is 20.3 Å². The minimum atomic E-state index is -0.616. The van der Waals surface area contributed by atoms with E-state index in [0.29, 0.717) is 18.2 Å². The first-order valence-electron chi connectivity index (χ1n) is 5.54. The summed E-state index contributed by atoms with van der Waals surface area (Å²) in [7, 11) is 1.55. The molecular weight excluding hydrogens is 246 g/mol. The molecule has 0 aliphatic heterocycles. The highest BCUT2D eigenvalue weighted by Crippen LogP contribution is 2.15. The van der Waals surface area contributed by atoms with E-state index in [1.54, 1.807) is 13.3 Å². The maximum atomic E-state index is 11.0. The Hall–Kier alpha value is -2.70. The van der Waals surface area contributed by atoms with Gasteiger partial charge in [-0.05, 0) is 6.07 Å². The molecule has 0 saturated carbocycles. The predicted molar refractivity (Wildman–Crippen MR) is 68.7 cm³/mol. The molecule has 2 aromatic rings. The van der Waals surface area contributed by atoms with Crippen LogP contribution in [0.3, 0.4) is 0 Å². The van der Waals surface area contributed by atoms with Crippen LogP contribution in [0.2, 0.25) is 0 Å². The molecule has 0 fully saturated rings. The molecule has 2 heterocycles. The molecule has 0 spiro atoms.